The first-order valence-corrected chi connectivity index (χ1v) is 10.5. The van der Waals surface area contributed by atoms with Crippen LogP contribution in [0.4, 0.5) is 0 Å². The molecule has 0 spiro atoms. The number of benzene rings is 2. The second-order valence-electron chi connectivity index (χ2n) is 8.46. The standard InChI is InChI=1S/C22H23N3OS/c23-25-24-20(16-7-3-1-4-8-16)19-18-11-15-12-21(19,26)14-22(18,13-15)27-17-9-5-2-6-10-17/h1-10,15,18-20,26H,11-14H2/t15?,18?,19-,20?,21+,22-/m1/s1. The van der Waals surface area contributed by atoms with Crippen LogP contribution >= 0.6 is 11.8 Å². The van der Waals surface area contributed by atoms with Gasteiger partial charge in [0.15, 0.2) is 0 Å². The van der Waals surface area contributed by atoms with Gasteiger partial charge in [0, 0.05) is 20.5 Å². The lowest BCUT2D eigenvalue weighted by Gasteiger charge is -2.42. The highest BCUT2D eigenvalue weighted by Crippen LogP contribution is 2.72. The van der Waals surface area contributed by atoms with E-state index in [4.69, 9.17) is 0 Å². The van der Waals surface area contributed by atoms with Gasteiger partial charge in [0.05, 0.1) is 11.6 Å². The Kier molecular flexibility index (Phi) is 4.01. The predicted octanol–water partition coefficient (Wildman–Crippen LogP) is 5.75. The van der Waals surface area contributed by atoms with Gasteiger partial charge in [-0.2, -0.15) is 0 Å². The van der Waals surface area contributed by atoms with Crippen LogP contribution in [0.5, 0.6) is 0 Å². The van der Waals surface area contributed by atoms with Crippen molar-refractivity contribution in [3.05, 3.63) is 76.7 Å². The van der Waals surface area contributed by atoms with Crippen molar-refractivity contribution in [2.45, 2.75) is 47.0 Å². The molecular formula is C22H23N3OS. The maximum Gasteiger partial charge on any atom is 0.0702 e. The number of azide groups is 1. The van der Waals surface area contributed by atoms with Gasteiger partial charge in [0.1, 0.15) is 0 Å². The van der Waals surface area contributed by atoms with Crippen LogP contribution in [0.1, 0.15) is 37.3 Å². The van der Waals surface area contributed by atoms with Gasteiger partial charge < -0.3 is 5.11 Å². The Morgan fingerprint density at radius 1 is 1.07 bits per heavy atom. The maximum absolute atomic E-state index is 11.7. The van der Waals surface area contributed by atoms with Crippen LogP contribution in [0.2, 0.25) is 0 Å². The largest absolute Gasteiger partial charge is 0.390 e. The van der Waals surface area contributed by atoms with Crippen LogP contribution in [0.3, 0.4) is 0 Å². The van der Waals surface area contributed by atoms with Gasteiger partial charge >= 0.3 is 0 Å². The van der Waals surface area contributed by atoms with Crippen LogP contribution in [0.15, 0.2) is 70.7 Å². The summed E-state index contributed by atoms with van der Waals surface area (Å²) in [4.78, 5) is 4.44. The van der Waals surface area contributed by atoms with Crippen molar-refractivity contribution in [3.8, 4) is 0 Å². The van der Waals surface area contributed by atoms with E-state index in [9.17, 15) is 10.6 Å². The Morgan fingerprint density at radius 3 is 2.48 bits per heavy atom. The highest BCUT2D eigenvalue weighted by Gasteiger charge is 2.70. The number of rotatable bonds is 5. The van der Waals surface area contributed by atoms with E-state index in [0.29, 0.717) is 11.8 Å². The molecule has 4 saturated carbocycles. The van der Waals surface area contributed by atoms with E-state index in [0.717, 1.165) is 31.2 Å². The summed E-state index contributed by atoms with van der Waals surface area (Å²) in [5, 5.41) is 15.9. The van der Waals surface area contributed by atoms with Gasteiger partial charge in [-0.15, -0.1) is 11.8 Å². The van der Waals surface area contributed by atoms with Crippen molar-refractivity contribution >= 4 is 11.8 Å². The summed E-state index contributed by atoms with van der Waals surface area (Å²) in [6.07, 6.45) is 3.94. The molecule has 4 nitrogen and oxygen atoms in total. The summed E-state index contributed by atoms with van der Waals surface area (Å²) in [6, 6.07) is 20.2. The van der Waals surface area contributed by atoms with Gasteiger partial charge in [-0.1, -0.05) is 53.6 Å². The van der Waals surface area contributed by atoms with Gasteiger partial charge in [0.2, 0.25) is 0 Å². The molecule has 1 N–H and O–H groups in total. The van der Waals surface area contributed by atoms with Gasteiger partial charge in [0.25, 0.3) is 0 Å². The Bertz CT molecular complexity index is 885. The van der Waals surface area contributed by atoms with Crippen LogP contribution in [0, 0.1) is 17.8 Å². The third-order valence-electron chi connectivity index (χ3n) is 6.92. The quantitative estimate of drug-likeness (QED) is 0.409. The van der Waals surface area contributed by atoms with Gasteiger partial charge in [-0.3, -0.25) is 0 Å². The molecule has 27 heavy (non-hydrogen) atoms. The molecule has 2 aromatic rings. The molecule has 5 heteroatoms. The summed E-state index contributed by atoms with van der Waals surface area (Å²) in [5.41, 5.74) is 9.54. The van der Waals surface area contributed by atoms with Crippen molar-refractivity contribution in [1.82, 2.24) is 0 Å². The number of aliphatic hydroxyl groups is 1. The number of nitrogens with zero attached hydrogens (tertiary/aromatic N) is 3. The molecule has 0 heterocycles. The van der Waals surface area contributed by atoms with Gasteiger partial charge in [-0.05, 0) is 60.7 Å². The first-order valence-electron chi connectivity index (χ1n) is 9.69. The summed E-state index contributed by atoms with van der Waals surface area (Å²) in [6.45, 7) is 0. The van der Waals surface area contributed by atoms with E-state index < -0.39 is 5.60 Å². The molecule has 6 atom stereocenters. The second kappa shape index (κ2) is 6.30. The lowest BCUT2D eigenvalue weighted by atomic mass is 9.68. The van der Waals surface area contributed by atoms with Crippen molar-refractivity contribution in [2.75, 3.05) is 0 Å². The van der Waals surface area contributed by atoms with Crippen LogP contribution < -0.4 is 0 Å². The fourth-order valence-corrected chi connectivity index (χ4v) is 8.09. The van der Waals surface area contributed by atoms with E-state index in [-0.39, 0.29) is 16.7 Å². The summed E-state index contributed by atoms with van der Waals surface area (Å²) < 4.78 is 0.0572. The highest BCUT2D eigenvalue weighted by molar-refractivity contribution is 8.00. The van der Waals surface area contributed by atoms with Gasteiger partial charge in [-0.25, -0.2) is 0 Å². The lowest BCUT2D eigenvalue weighted by molar-refractivity contribution is -0.0642. The number of hydrogen-bond acceptors (Lipinski definition) is 3. The molecule has 138 valence electrons. The van der Waals surface area contributed by atoms with Crippen molar-refractivity contribution < 1.29 is 5.11 Å². The van der Waals surface area contributed by atoms with E-state index >= 15 is 0 Å². The van der Waals surface area contributed by atoms with Crippen LogP contribution in [-0.4, -0.2) is 15.5 Å². The first kappa shape index (κ1) is 17.2. The van der Waals surface area contributed by atoms with E-state index in [1.807, 2.05) is 48.2 Å². The van der Waals surface area contributed by atoms with Crippen LogP contribution in [0.25, 0.3) is 10.4 Å². The fourth-order valence-electron chi connectivity index (χ4n) is 6.29. The van der Waals surface area contributed by atoms with E-state index in [2.05, 4.69) is 34.3 Å². The Hall–Kier alpha value is -1.94. The Morgan fingerprint density at radius 2 is 1.78 bits per heavy atom. The monoisotopic (exact) mass is 377 g/mol. The Labute approximate surface area is 163 Å². The highest BCUT2D eigenvalue weighted by atomic mass is 32.2. The van der Waals surface area contributed by atoms with Crippen molar-refractivity contribution in [3.63, 3.8) is 0 Å². The molecule has 4 fully saturated rings. The topological polar surface area (TPSA) is 69.0 Å². The fraction of sp³-hybridized carbons (Fsp3) is 0.455. The molecule has 2 aromatic carbocycles. The minimum atomic E-state index is -0.734. The molecule has 0 saturated heterocycles. The average molecular weight is 378 g/mol. The molecule has 4 aliphatic carbocycles. The minimum Gasteiger partial charge on any atom is -0.390 e. The second-order valence-corrected chi connectivity index (χ2v) is 9.95. The van der Waals surface area contributed by atoms with Crippen molar-refractivity contribution in [1.29, 1.82) is 0 Å². The number of hydrogen-bond donors (Lipinski definition) is 1. The summed E-state index contributed by atoms with van der Waals surface area (Å²) in [7, 11) is 0. The molecule has 3 unspecified atom stereocenters. The maximum atomic E-state index is 11.7. The zero-order valence-electron chi connectivity index (χ0n) is 15.1. The first-order chi connectivity index (χ1) is 13.1. The number of thioether (sulfide) groups is 1. The van der Waals surface area contributed by atoms with E-state index in [1.165, 1.54) is 4.90 Å². The zero-order chi connectivity index (χ0) is 18.5. The third kappa shape index (κ3) is 2.68. The molecule has 4 bridgehead atoms. The molecule has 0 aromatic heterocycles. The molecular weight excluding hydrogens is 354 g/mol. The average Bonchev–Trinajstić information content (AvgIpc) is 3.01. The molecule has 0 aliphatic heterocycles. The molecule has 0 radical (unpaired) electrons. The lowest BCUT2D eigenvalue weighted by Crippen LogP contribution is -2.44. The third-order valence-corrected chi connectivity index (χ3v) is 8.45. The normalized spacial score (nSPS) is 37.1. The predicted molar refractivity (Wildman–Crippen MR) is 107 cm³/mol. The summed E-state index contributed by atoms with van der Waals surface area (Å²) >= 11 is 1.94. The van der Waals surface area contributed by atoms with E-state index in [1.54, 1.807) is 0 Å². The molecule has 4 aliphatic rings. The molecule has 0 amide bonds. The summed E-state index contributed by atoms with van der Waals surface area (Å²) in [5.74, 6) is 0.955. The minimum absolute atomic E-state index is 0.00855. The zero-order valence-corrected chi connectivity index (χ0v) is 15.9. The smallest absolute Gasteiger partial charge is 0.0702 e. The van der Waals surface area contributed by atoms with Crippen molar-refractivity contribution in [2.24, 2.45) is 22.9 Å². The Balaban J connectivity index is 1.55. The SMILES string of the molecule is [N-]=[N+]=NC(c1ccccc1)[C@H]1C2CC3C[C@@]2(Sc2ccccc2)C[C@@]1(O)C3. The molecule has 6 rings (SSSR count). The van der Waals surface area contributed by atoms with Crippen LogP contribution in [-0.2, 0) is 0 Å².